The van der Waals surface area contributed by atoms with Crippen LogP contribution < -0.4 is 5.32 Å². The summed E-state index contributed by atoms with van der Waals surface area (Å²) in [6.45, 7) is 8.17. The summed E-state index contributed by atoms with van der Waals surface area (Å²) in [4.78, 5) is 17.6. The van der Waals surface area contributed by atoms with Crippen LogP contribution in [0.15, 0.2) is 4.52 Å². The van der Waals surface area contributed by atoms with Crippen molar-refractivity contribution in [1.29, 1.82) is 0 Å². The van der Waals surface area contributed by atoms with E-state index in [1.807, 2.05) is 20.8 Å². The fourth-order valence-electron chi connectivity index (χ4n) is 2.11. The van der Waals surface area contributed by atoms with Crippen LogP contribution in [0.5, 0.6) is 0 Å². The summed E-state index contributed by atoms with van der Waals surface area (Å²) in [5.41, 5.74) is 0. The van der Waals surface area contributed by atoms with Gasteiger partial charge in [0.15, 0.2) is 5.82 Å². The highest BCUT2D eigenvalue weighted by Gasteiger charge is 2.27. The summed E-state index contributed by atoms with van der Waals surface area (Å²) in [6.07, 6.45) is 0.668. The van der Waals surface area contributed by atoms with Gasteiger partial charge in [-0.1, -0.05) is 19.0 Å². The van der Waals surface area contributed by atoms with E-state index in [1.165, 1.54) is 0 Å². The van der Waals surface area contributed by atoms with E-state index >= 15 is 0 Å². The van der Waals surface area contributed by atoms with Crippen molar-refractivity contribution >= 4 is 6.09 Å². The average Bonchev–Trinajstić information content (AvgIpc) is 3.06. The first-order valence-corrected chi connectivity index (χ1v) is 7.07. The number of hydrogen-bond donors (Lipinski definition) is 1. The minimum absolute atomic E-state index is 0.239. The zero-order valence-electron chi connectivity index (χ0n) is 12.3. The van der Waals surface area contributed by atoms with Crippen LogP contribution in [0.2, 0.25) is 0 Å². The van der Waals surface area contributed by atoms with Gasteiger partial charge in [0.05, 0.1) is 13.2 Å². The molecular weight excluding hydrogens is 260 g/mol. The monoisotopic (exact) mass is 282 g/mol. The van der Waals surface area contributed by atoms with Crippen LogP contribution in [0.1, 0.15) is 44.8 Å². The second kappa shape index (κ2) is 6.69. The lowest BCUT2D eigenvalue weighted by molar-refractivity contribution is 0.115. The highest BCUT2D eigenvalue weighted by Crippen LogP contribution is 2.12. The predicted molar refractivity (Wildman–Crippen MR) is 72.2 cm³/mol. The molecule has 1 aliphatic rings. The fraction of sp³-hybridized carbons (Fsp3) is 0.769. The van der Waals surface area contributed by atoms with E-state index in [1.54, 1.807) is 4.90 Å². The first-order chi connectivity index (χ1) is 9.60. The van der Waals surface area contributed by atoms with E-state index in [0.717, 1.165) is 18.8 Å². The zero-order chi connectivity index (χ0) is 14.5. The fourth-order valence-corrected chi connectivity index (χ4v) is 2.11. The van der Waals surface area contributed by atoms with E-state index < -0.39 is 0 Å². The Kier molecular flexibility index (Phi) is 4.94. The number of hydrogen-bond acceptors (Lipinski definition) is 6. The van der Waals surface area contributed by atoms with Gasteiger partial charge in [0.25, 0.3) is 0 Å². The summed E-state index contributed by atoms with van der Waals surface area (Å²) in [5.74, 6) is 1.57. The van der Waals surface area contributed by atoms with Gasteiger partial charge in [0.1, 0.15) is 0 Å². The van der Waals surface area contributed by atoms with Crippen molar-refractivity contribution in [3.63, 3.8) is 0 Å². The molecule has 2 rings (SSSR count). The van der Waals surface area contributed by atoms with E-state index in [9.17, 15) is 4.79 Å². The number of amides is 1. The van der Waals surface area contributed by atoms with E-state index in [4.69, 9.17) is 9.26 Å². The van der Waals surface area contributed by atoms with Gasteiger partial charge in [-0.25, -0.2) is 4.79 Å². The van der Waals surface area contributed by atoms with Gasteiger partial charge < -0.3 is 19.5 Å². The second-order valence-electron chi connectivity index (χ2n) is 5.21. The number of aromatic nitrogens is 2. The van der Waals surface area contributed by atoms with Crippen LogP contribution in [0.4, 0.5) is 4.79 Å². The molecule has 1 aliphatic heterocycles. The van der Waals surface area contributed by atoms with Gasteiger partial charge >= 0.3 is 6.09 Å². The van der Waals surface area contributed by atoms with Crippen LogP contribution in [0.3, 0.4) is 0 Å². The molecule has 112 valence electrons. The van der Waals surface area contributed by atoms with Crippen LogP contribution in [-0.2, 0) is 11.3 Å². The minimum atomic E-state index is -0.239. The number of ether oxygens (including phenoxy) is 1. The van der Waals surface area contributed by atoms with Crippen LogP contribution in [-0.4, -0.2) is 46.9 Å². The SMILES string of the molecule is CCOC(=O)N1CC[C@H](NCc2nc(C(C)C)no2)C1. The Morgan fingerprint density at radius 3 is 3.05 bits per heavy atom. The maximum absolute atomic E-state index is 11.6. The third-order valence-corrected chi connectivity index (χ3v) is 3.26. The summed E-state index contributed by atoms with van der Waals surface area (Å²) >= 11 is 0. The Morgan fingerprint density at radius 1 is 1.60 bits per heavy atom. The third-order valence-electron chi connectivity index (χ3n) is 3.26. The molecule has 1 aromatic heterocycles. The number of nitrogens with one attached hydrogen (secondary N) is 1. The van der Waals surface area contributed by atoms with Gasteiger partial charge in [-0.3, -0.25) is 0 Å². The smallest absolute Gasteiger partial charge is 0.409 e. The molecule has 0 spiro atoms. The minimum Gasteiger partial charge on any atom is -0.450 e. The Balaban J connectivity index is 1.76. The molecule has 0 aliphatic carbocycles. The van der Waals surface area contributed by atoms with Crippen molar-refractivity contribution in [2.24, 2.45) is 0 Å². The molecule has 0 aromatic carbocycles. The number of carbonyl (C=O) groups is 1. The largest absolute Gasteiger partial charge is 0.450 e. The molecule has 1 amide bonds. The van der Waals surface area contributed by atoms with E-state index in [-0.39, 0.29) is 18.1 Å². The Bertz CT molecular complexity index is 447. The van der Waals surface area contributed by atoms with Crippen molar-refractivity contribution in [2.75, 3.05) is 19.7 Å². The third kappa shape index (κ3) is 3.69. The quantitative estimate of drug-likeness (QED) is 0.881. The predicted octanol–water partition coefficient (Wildman–Crippen LogP) is 1.51. The van der Waals surface area contributed by atoms with Crippen molar-refractivity contribution in [2.45, 2.75) is 45.7 Å². The lowest BCUT2D eigenvalue weighted by Gasteiger charge is -2.15. The van der Waals surface area contributed by atoms with Crippen LogP contribution >= 0.6 is 0 Å². The molecule has 1 N–H and O–H groups in total. The molecule has 0 unspecified atom stereocenters. The van der Waals surface area contributed by atoms with Crippen LogP contribution in [0.25, 0.3) is 0 Å². The molecular formula is C13H22N4O3. The summed E-state index contributed by atoms with van der Waals surface area (Å²) in [7, 11) is 0. The normalized spacial score (nSPS) is 18.8. The summed E-state index contributed by atoms with van der Waals surface area (Å²) in [6, 6.07) is 0.244. The number of likely N-dealkylation sites (tertiary alicyclic amines) is 1. The highest BCUT2D eigenvalue weighted by atomic mass is 16.6. The molecule has 1 aromatic rings. The van der Waals surface area contributed by atoms with Gasteiger partial charge in [-0.15, -0.1) is 0 Å². The van der Waals surface area contributed by atoms with Crippen molar-refractivity contribution in [3.8, 4) is 0 Å². The molecule has 7 heteroatoms. The molecule has 20 heavy (non-hydrogen) atoms. The molecule has 1 saturated heterocycles. The van der Waals surface area contributed by atoms with Gasteiger partial charge in [0, 0.05) is 25.0 Å². The van der Waals surface area contributed by atoms with Crippen molar-refractivity contribution in [3.05, 3.63) is 11.7 Å². The average molecular weight is 282 g/mol. The lowest BCUT2D eigenvalue weighted by Crippen LogP contribution is -2.35. The van der Waals surface area contributed by atoms with E-state index in [0.29, 0.717) is 25.6 Å². The molecule has 0 saturated carbocycles. The summed E-state index contributed by atoms with van der Waals surface area (Å²) in [5, 5.41) is 7.25. The second-order valence-corrected chi connectivity index (χ2v) is 5.21. The Labute approximate surface area is 118 Å². The van der Waals surface area contributed by atoms with E-state index in [2.05, 4.69) is 15.5 Å². The molecule has 1 fully saturated rings. The number of rotatable bonds is 5. The number of nitrogens with zero attached hydrogens (tertiary/aromatic N) is 3. The molecule has 1 atom stereocenters. The van der Waals surface area contributed by atoms with Crippen molar-refractivity contribution in [1.82, 2.24) is 20.4 Å². The lowest BCUT2D eigenvalue weighted by atomic mass is 10.2. The van der Waals surface area contributed by atoms with Gasteiger partial charge in [-0.2, -0.15) is 4.98 Å². The highest BCUT2D eigenvalue weighted by molar-refractivity contribution is 5.68. The zero-order valence-corrected chi connectivity index (χ0v) is 12.3. The maximum Gasteiger partial charge on any atom is 0.409 e. The Morgan fingerprint density at radius 2 is 2.40 bits per heavy atom. The van der Waals surface area contributed by atoms with Gasteiger partial charge in [0.2, 0.25) is 5.89 Å². The number of carbonyl (C=O) groups excluding carboxylic acids is 1. The topological polar surface area (TPSA) is 80.5 Å². The maximum atomic E-state index is 11.6. The molecule has 2 heterocycles. The molecule has 0 bridgehead atoms. The first-order valence-electron chi connectivity index (χ1n) is 7.07. The Hall–Kier alpha value is -1.63. The van der Waals surface area contributed by atoms with Crippen LogP contribution in [0, 0.1) is 0 Å². The standard InChI is InChI=1S/C13H22N4O3/c1-4-19-13(18)17-6-5-10(8-17)14-7-11-15-12(9(2)3)16-20-11/h9-10,14H,4-8H2,1-3H3/t10-/m0/s1. The summed E-state index contributed by atoms with van der Waals surface area (Å²) < 4.78 is 10.2. The van der Waals surface area contributed by atoms with Crippen molar-refractivity contribution < 1.29 is 14.1 Å². The molecule has 7 nitrogen and oxygen atoms in total. The first kappa shape index (κ1) is 14.8. The van der Waals surface area contributed by atoms with Gasteiger partial charge in [-0.05, 0) is 13.3 Å². The molecule has 0 radical (unpaired) electrons.